The van der Waals surface area contributed by atoms with E-state index in [1.807, 2.05) is 27.7 Å². The lowest BCUT2D eigenvalue weighted by Crippen LogP contribution is -1.83. The number of allylic oxidation sites excluding steroid dienone is 2. The van der Waals surface area contributed by atoms with Gasteiger partial charge < -0.3 is 4.57 Å². The molecule has 0 bridgehead atoms. The Hall–Kier alpha value is -1.24. The Morgan fingerprint density at radius 2 is 1.79 bits per heavy atom. The van der Waals surface area contributed by atoms with Crippen LogP contribution in [0.25, 0.3) is 12.3 Å². The molecule has 2 heterocycles. The molecular formula is C13H21N. The van der Waals surface area contributed by atoms with Crippen LogP contribution in [0.1, 0.15) is 39.8 Å². The molecule has 1 aromatic rings. The third-order valence-electron chi connectivity index (χ3n) is 1.64. The minimum absolute atomic E-state index is 1.04. The molecule has 0 radical (unpaired) electrons. The van der Waals surface area contributed by atoms with Gasteiger partial charge in [0.2, 0.25) is 0 Å². The number of hydrogen-bond acceptors (Lipinski definition) is 0. The predicted octanol–water partition coefficient (Wildman–Crippen LogP) is 4.43. The minimum atomic E-state index is 1.04. The Kier molecular flexibility index (Phi) is 7.62. The van der Waals surface area contributed by atoms with Gasteiger partial charge in [-0.25, -0.2) is 0 Å². The lowest BCUT2D eigenvalue weighted by molar-refractivity contribution is 1.15. The van der Waals surface area contributed by atoms with E-state index in [1.54, 1.807) is 0 Å². The SMILES string of the molecule is C1=Cc2cccn2C=CC1.CC.CC. The van der Waals surface area contributed by atoms with Crippen molar-refractivity contribution in [1.29, 1.82) is 0 Å². The second-order valence-electron chi connectivity index (χ2n) is 2.36. The number of nitrogens with zero attached hydrogens (tertiary/aromatic N) is 1. The zero-order valence-corrected chi connectivity index (χ0v) is 9.70. The van der Waals surface area contributed by atoms with Crippen LogP contribution in [0.5, 0.6) is 0 Å². The van der Waals surface area contributed by atoms with Crippen LogP contribution in [0.2, 0.25) is 0 Å². The summed E-state index contributed by atoms with van der Waals surface area (Å²) in [5, 5.41) is 0. The molecule has 1 heteroatoms. The maximum atomic E-state index is 2.16. The second-order valence-corrected chi connectivity index (χ2v) is 2.36. The molecule has 0 saturated heterocycles. The summed E-state index contributed by atoms with van der Waals surface area (Å²) in [4.78, 5) is 0. The molecular weight excluding hydrogens is 170 g/mol. The van der Waals surface area contributed by atoms with Crippen LogP contribution < -0.4 is 0 Å². The highest BCUT2D eigenvalue weighted by atomic mass is 14.9. The highest BCUT2D eigenvalue weighted by molar-refractivity contribution is 5.52. The molecule has 0 saturated carbocycles. The third-order valence-corrected chi connectivity index (χ3v) is 1.64. The van der Waals surface area contributed by atoms with Gasteiger partial charge >= 0.3 is 0 Å². The smallest absolute Gasteiger partial charge is 0.0446 e. The average Bonchev–Trinajstić information content (AvgIpc) is 2.61. The van der Waals surface area contributed by atoms with Gasteiger partial charge in [0, 0.05) is 18.1 Å². The van der Waals surface area contributed by atoms with E-state index < -0.39 is 0 Å². The molecule has 0 amide bonds. The van der Waals surface area contributed by atoms with Gasteiger partial charge in [0.05, 0.1) is 0 Å². The molecule has 2 rings (SSSR count). The Bertz CT molecular complexity index is 253. The van der Waals surface area contributed by atoms with Crippen LogP contribution in [0.3, 0.4) is 0 Å². The van der Waals surface area contributed by atoms with Crippen molar-refractivity contribution in [1.82, 2.24) is 4.57 Å². The Morgan fingerprint density at radius 3 is 2.50 bits per heavy atom. The number of hydrogen-bond donors (Lipinski definition) is 0. The third kappa shape index (κ3) is 3.65. The summed E-state index contributed by atoms with van der Waals surface area (Å²) < 4.78 is 2.11. The average molecular weight is 191 g/mol. The summed E-state index contributed by atoms with van der Waals surface area (Å²) in [5.41, 5.74) is 1.26. The van der Waals surface area contributed by atoms with Crippen molar-refractivity contribution in [2.75, 3.05) is 0 Å². The largest absolute Gasteiger partial charge is 0.324 e. The van der Waals surface area contributed by atoms with Crippen molar-refractivity contribution >= 4 is 12.3 Å². The predicted molar refractivity (Wildman–Crippen MR) is 66.1 cm³/mol. The highest BCUT2D eigenvalue weighted by Gasteiger charge is 1.93. The van der Waals surface area contributed by atoms with Gasteiger partial charge in [-0.3, -0.25) is 0 Å². The Morgan fingerprint density at radius 1 is 1.07 bits per heavy atom. The summed E-state index contributed by atoms with van der Waals surface area (Å²) >= 11 is 0. The summed E-state index contributed by atoms with van der Waals surface area (Å²) in [5.74, 6) is 0. The monoisotopic (exact) mass is 191 g/mol. The lowest BCUT2D eigenvalue weighted by Gasteiger charge is -1.93. The first kappa shape index (κ1) is 12.8. The van der Waals surface area contributed by atoms with Crippen molar-refractivity contribution in [3.8, 4) is 0 Å². The molecule has 1 aliphatic heterocycles. The van der Waals surface area contributed by atoms with Gasteiger partial charge in [0.25, 0.3) is 0 Å². The molecule has 1 nitrogen and oxygen atoms in total. The van der Waals surface area contributed by atoms with Gasteiger partial charge in [-0.15, -0.1) is 0 Å². The molecule has 0 aliphatic carbocycles. The van der Waals surface area contributed by atoms with E-state index in [9.17, 15) is 0 Å². The molecule has 0 fully saturated rings. The summed E-state index contributed by atoms with van der Waals surface area (Å²) in [6, 6.07) is 4.15. The van der Waals surface area contributed by atoms with Crippen molar-refractivity contribution in [2.24, 2.45) is 0 Å². The van der Waals surface area contributed by atoms with Crippen LogP contribution in [0.4, 0.5) is 0 Å². The maximum Gasteiger partial charge on any atom is 0.0446 e. The van der Waals surface area contributed by atoms with Crippen molar-refractivity contribution < 1.29 is 0 Å². The quantitative estimate of drug-likeness (QED) is 0.571. The van der Waals surface area contributed by atoms with Crippen LogP contribution in [-0.4, -0.2) is 4.57 Å². The number of rotatable bonds is 0. The van der Waals surface area contributed by atoms with E-state index in [-0.39, 0.29) is 0 Å². The van der Waals surface area contributed by atoms with E-state index in [0.29, 0.717) is 0 Å². The van der Waals surface area contributed by atoms with Crippen molar-refractivity contribution in [3.63, 3.8) is 0 Å². The molecule has 0 unspecified atom stereocenters. The molecule has 1 aromatic heterocycles. The lowest BCUT2D eigenvalue weighted by atomic mass is 10.3. The minimum Gasteiger partial charge on any atom is -0.324 e. The topological polar surface area (TPSA) is 4.93 Å². The van der Waals surface area contributed by atoms with Gasteiger partial charge in [-0.2, -0.15) is 0 Å². The van der Waals surface area contributed by atoms with Crippen LogP contribution in [0, 0.1) is 0 Å². The molecule has 0 spiro atoms. The number of aromatic nitrogens is 1. The van der Waals surface area contributed by atoms with Crippen LogP contribution in [-0.2, 0) is 0 Å². The van der Waals surface area contributed by atoms with Gasteiger partial charge in [-0.05, 0) is 24.6 Å². The van der Waals surface area contributed by atoms with E-state index in [0.717, 1.165) is 6.42 Å². The fraction of sp³-hybridized carbons (Fsp3) is 0.385. The fourth-order valence-corrected chi connectivity index (χ4v) is 1.13. The van der Waals surface area contributed by atoms with E-state index in [1.165, 1.54) is 5.69 Å². The summed E-state index contributed by atoms with van der Waals surface area (Å²) in [6.45, 7) is 8.00. The zero-order chi connectivity index (χ0) is 10.8. The Balaban J connectivity index is 0.000000379. The number of fused-ring (bicyclic) bond motifs is 1. The van der Waals surface area contributed by atoms with Crippen molar-refractivity contribution in [3.05, 3.63) is 36.2 Å². The van der Waals surface area contributed by atoms with E-state index >= 15 is 0 Å². The van der Waals surface area contributed by atoms with Gasteiger partial charge in [0.15, 0.2) is 0 Å². The Labute approximate surface area is 87.8 Å². The van der Waals surface area contributed by atoms with Crippen LogP contribution in [0.15, 0.2) is 30.5 Å². The van der Waals surface area contributed by atoms with Crippen LogP contribution >= 0.6 is 0 Å². The highest BCUT2D eigenvalue weighted by Crippen LogP contribution is 2.09. The first-order valence-corrected chi connectivity index (χ1v) is 5.47. The van der Waals surface area contributed by atoms with Crippen molar-refractivity contribution in [2.45, 2.75) is 34.1 Å². The molecule has 14 heavy (non-hydrogen) atoms. The fourth-order valence-electron chi connectivity index (χ4n) is 1.13. The molecule has 0 atom stereocenters. The standard InChI is InChI=1S/C9H9N.2C2H6/c1-2-5-9-6-4-8-10(9)7-3-1;2*1-2/h2-8H,1H2;2*1-2H3. The first-order valence-electron chi connectivity index (χ1n) is 5.47. The molecule has 1 aliphatic rings. The van der Waals surface area contributed by atoms with E-state index in [4.69, 9.17) is 0 Å². The summed E-state index contributed by atoms with van der Waals surface area (Å²) in [7, 11) is 0. The normalized spacial score (nSPS) is 11.4. The van der Waals surface area contributed by atoms with Gasteiger partial charge in [-0.1, -0.05) is 39.8 Å². The van der Waals surface area contributed by atoms with Gasteiger partial charge in [0.1, 0.15) is 0 Å². The summed E-state index contributed by atoms with van der Waals surface area (Å²) in [6.07, 6.45) is 11.6. The second kappa shape index (κ2) is 8.36. The zero-order valence-electron chi connectivity index (χ0n) is 9.70. The first-order chi connectivity index (χ1) is 6.97. The maximum absolute atomic E-state index is 2.16. The van der Waals surface area contributed by atoms with E-state index in [2.05, 4.69) is 47.3 Å². The molecule has 0 N–H and O–H groups in total. The molecule has 0 aromatic carbocycles. The molecule has 78 valence electrons.